The van der Waals surface area contributed by atoms with Crippen molar-refractivity contribution in [2.24, 2.45) is 0 Å². The van der Waals surface area contributed by atoms with Crippen LogP contribution in [0.4, 0.5) is 0 Å². The van der Waals surface area contributed by atoms with Gasteiger partial charge in [0.05, 0.1) is 17.0 Å². The normalized spacial score (nSPS) is 21.3. The highest BCUT2D eigenvalue weighted by Gasteiger charge is 2.20. The van der Waals surface area contributed by atoms with E-state index >= 15 is 0 Å². The van der Waals surface area contributed by atoms with E-state index < -0.39 is 0 Å². The summed E-state index contributed by atoms with van der Waals surface area (Å²) in [6.07, 6.45) is 8.30. The van der Waals surface area contributed by atoms with E-state index in [2.05, 4.69) is 26.8 Å². The summed E-state index contributed by atoms with van der Waals surface area (Å²) in [6.45, 7) is 4.31. The van der Waals surface area contributed by atoms with Crippen molar-refractivity contribution in [1.82, 2.24) is 19.9 Å². The van der Waals surface area contributed by atoms with E-state index in [4.69, 9.17) is 0 Å². The van der Waals surface area contributed by atoms with Gasteiger partial charge in [-0.1, -0.05) is 6.92 Å². The maximum Gasteiger partial charge on any atom is 0.0970 e. The lowest BCUT2D eigenvalue weighted by atomic mass is 10.1. The second-order valence-corrected chi connectivity index (χ2v) is 5.82. The van der Waals surface area contributed by atoms with E-state index in [-0.39, 0.29) is 0 Å². The van der Waals surface area contributed by atoms with Gasteiger partial charge < -0.3 is 9.88 Å². The Hall–Kier alpha value is -1.20. The van der Waals surface area contributed by atoms with E-state index in [1.165, 1.54) is 23.5 Å². The van der Waals surface area contributed by atoms with E-state index in [1.54, 1.807) is 11.3 Å². The maximum atomic E-state index is 4.39. The molecule has 1 saturated heterocycles. The predicted molar refractivity (Wildman–Crippen MR) is 72.7 cm³/mol. The zero-order chi connectivity index (χ0) is 12.4. The molecule has 0 aromatic carbocycles. The molecule has 0 radical (unpaired) electrons. The van der Waals surface area contributed by atoms with Gasteiger partial charge in [0.25, 0.3) is 0 Å². The van der Waals surface area contributed by atoms with Crippen LogP contribution in [-0.4, -0.2) is 21.1 Å². The highest BCUT2D eigenvalue weighted by atomic mass is 32.1. The lowest BCUT2D eigenvalue weighted by molar-refractivity contribution is 0.527. The molecule has 1 N–H and O–H groups in total. The second kappa shape index (κ2) is 5.20. The molecular formula is C13H18N4S. The molecule has 2 unspecified atom stereocenters. The number of thiazole rings is 1. The van der Waals surface area contributed by atoms with Crippen molar-refractivity contribution in [3.63, 3.8) is 0 Å². The van der Waals surface area contributed by atoms with Gasteiger partial charge in [0.15, 0.2) is 0 Å². The molecule has 1 aliphatic heterocycles. The van der Waals surface area contributed by atoms with Gasteiger partial charge in [-0.3, -0.25) is 0 Å². The first-order valence-corrected chi connectivity index (χ1v) is 7.35. The first kappa shape index (κ1) is 11.9. The van der Waals surface area contributed by atoms with Crippen molar-refractivity contribution in [3.8, 4) is 0 Å². The summed E-state index contributed by atoms with van der Waals surface area (Å²) >= 11 is 1.73. The van der Waals surface area contributed by atoms with Gasteiger partial charge in [-0.15, -0.1) is 11.3 Å². The van der Waals surface area contributed by atoms with Crippen LogP contribution >= 0.6 is 11.3 Å². The van der Waals surface area contributed by atoms with Crippen molar-refractivity contribution >= 4 is 11.3 Å². The molecule has 1 fully saturated rings. The molecule has 0 aliphatic carbocycles. The standard InChI is InChI=1S/C13H18N4S/c1-10(13-16-5-6-18-13)8-17-9-14-7-12(17)11-3-2-4-15-11/h5-7,9-11,15H,2-4,8H2,1H3. The van der Waals surface area contributed by atoms with Crippen LogP contribution < -0.4 is 5.32 Å². The minimum absolute atomic E-state index is 0.444. The molecule has 96 valence electrons. The second-order valence-electron chi connectivity index (χ2n) is 4.89. The Morgan fingerprint density at radius 3 is 3.28 bits per heavy atom. The molecular weight excluding hydrogens is 244 g/mol. The van der Waals surface area contributed by atoms with Crippen LogP contribution in [0.3, 0.4) is 0 Å². The van der Waals surface area contributed by atoms with Gasteiger partial charge in [0.1, 0.15) is 0 Å². The number of rotatable bonds is 4. The van der Waals surface area contributed by atoms with Crippen molar-refractivity contribution in [1.29, 1.82) is 0 Å². The zero-order valence-electron chi connectivity index (χ0n) is 10.5. The highest BCUT2D eigenvalue weighted by molar-refractivity contribution is 7.09. The maximum absolute atomic E-state index is 4.39. The summed E-state index contributed by atoms with van der Waals surface area (Å²) in [4.78, 5) is 8.70. The monoisotopic (exact) mass is 262 g/mol. The smallest absolute Gasteiger partial charge is 0.0970 e. The summed E-state index contributed by atoms with van der Waals surface area (Å²) < 4.78 is 2.27. The number of aromatic nitrogens is 3. The summed E-state index contributed by atoms with van der Waals surface area (Å²) in [6, 6.07) is 0.482. The molecule has 1 aliphatic rings. The number of imidazole rings is 1. The highest BCUT2D eigenvalue weighted by Crippen LogP contribution is 2.25. The summed E-state index contributed by atoms with van der Waals surface area (Å²) in [5, 5.41) is 6.78. The Labute approximate surface area is 111 Å². The molecule has 2 aromatic heterocycles. The molecule has 2 atom stereocenters. The van der Waals surface area contributed by atoms with Crippen LogP contribution in [-0.2, 0) is 6.54 Å². The third kappa shape index (κ3) is 2.33. The van der Waals surface area contributed by atoms with E-state index in [9.17, 15) is 0 Å². The average molecular weight is 262 g/mol. The molecule has 18 heavy (non-hydrogen) atoms. The Morgan fingerprint density at radius 1 is 1.61 bits per heavy atom. The first-order valence-electron chi connectivity index (χ1n) is 6.47. The van der Waals surface area contributed by atoms with E-state index in [0.29, 0.717) is 12.0 Å². The van der Waals surface area contributed by atoms with Gasteiger partial charge in [-0.2, -0.15) is 0 Å². The van der Waals surface area contributed by atoms with E-state index in [1.807, 2.05) is 24.1 Å². The molecule has 3 rings (SSSR count). The number of hydrogen-bond acceptors (Lipinski definition) is 4. The van der Waals surface area contributed by atoms with Gasteiger partial charge >= 0.3 is 0 Å². The Kier molecular flexibility index (Phi) is 3.43. The molecule has 2 aromatic rings. The Bertz CT molecular complexity index is 485. The zero-order valence-corrected chi connectivity index (χ0v) is 11.4. The van der Waals surface area contributed by atoms with Gasteiger partial charge in [-0.05, 0) is 19.4 Å². The topological polar surface area (TPSA) is 42.7 Å². The number of nitrogens with zero attached hydrogens (tertiary/aromatic N) is 3. The fourth-order valence-electron chi connectivity index (χ4n) is 2.56. The fourth-order valence-corrected chi connectivity index (χ4v) is 3.25. The Balaban J connectivity index is 1.74. The quantitative estimate of drug-likeness (QED) is 0.921. The van der Waals surface area contributed by atoms with Gasteiger partial charge in [-0.25, -0.2) is 9.97 Å². The largest absolute Gasteiger partial charge is 0.332 e. The first-order chi connectivity index (χ1) is 8.84. The molecule has 3 heterocycles. The van der Waals surface area contributed by atoms with Crippen molar-refractivity contribution in [2.75, 3.05) is 6.54 Å². The van der Waals surface area contributed by atoms with Crippen LogP contribution in [0.5, 0.6) is 0 Å². The fraction of sp³-hybridized carbons (Fsp3) is 0.538. The third-order valence-corrected chi connectivity index (χ3v) is 4.51. The number of nitrogens with one attached hydrogen (secondary N) is 1. The molecule has 0 spiro atoms. The van der Waals surface area contributed by atoms with Crippen LogP contribution in [0, 0.1) is 0 Å². The van der Waals surface area contributed by atoms with Crippen molar-refractivity contribution in [3.05, 3.63) is 34.8 Å². The van der Waals surface area contributed by atoms with Crippen molar-refractivity contribution in [2.45, 2.75) is 38.3 Å². The summed E-state index contributed by atoms with van der Waals surface area (Å²) in [5.74, 6) is 0.444. The lowest BCUT2D eigenvalue weighted by Gasteiger charge is -2.16. The minimum Gasteiger partial charge on any atom is -0.332 e. The summed E-state index contributed by atoms with van der Waals surface area (Å²) in [5.41, 5.74) is 1.32. The van der Waals surface area contributed by atoms with Crippen molar-refractivity contribution < 1.29 is 0 Å². The lowest BCUT2D eigenvalue weighted by Crippen LogP contribution is -2.18. The van der Waals surface area contributed by atoms with Crippen LogP contribution in [0.2, 0.25) is 0 Å². The summed E-state index contributed by atoms with van der Waals surface area (Å²) in [7, 11) is 0. The SMILES string of the molecule is CC(Cn1cncc1C1CCCN1)c1nccs1. The molecule has 0 saturated carbocycles. The molecule has 0 amide bonds. The van der Waals surface area contributed by atoms with Crippen LogP contribution in [0.1, 0.15) is 42.4 Å². The van der Waals surface area contributed by atoms with Crippen LogP contribution in [0.25, 0.3) is 0 Å². The average Bonchev–Trinajstić information content (AvgIpc) is 3.11. The predicted octanol–water partition coefficient (Wildman–Crippen LogP) is 2.57. The molecule has 5 heteroatoms. The van der Waals surface area contributed by atoms with Gasteiger partial charge in [0.2, 0.25) is 0 Å². The minimum atomic E-state index is 0.444. The number of hydrogen-bond donors (Lipinski definition) is 1. The molecule has 4 nitrogen and oxygen atoms in total. The van der Waals surface area contributed by atoms with Gasteiger partial charge in [0, 0.05) is 36.3 Å². The third-order valence-electron chi connectivity index (χ3n) is 3.51. The van der Waals surface area contributed by atoms with E-state index in [0.717, 1.165) is 13.1 Å². The Morgan fingerprint density at radius 2 is 2.56 bits per heavy atom. The van der Waals surface area contributed by atoms with Crippen LogP contribution in [0.15, 0.2) is 24.1 Å². The molecule has 0 bridgehead atoms.